The van der Waals surface area contributed by atoms with E-state index in [2.05, 4.69) is 15.0 Å². The number of amides is 1. The highest BCUT2D eigenvalue weighted by Crippen LogP contribution is 2.31. The number of benzene rings is 3. The number of nitrogens with two attached hydrogens (primary N) is 1. The van der Waals surface area contributed by atoms with Gasteiger partial charge >= 0.3 is 6.36 Å². The molecule has 5 N–H and O–H groups in total. The Morgan fingerprint density at radius 3 is 2.47 bits per heavy atom. The fourth-order valence-corrected chi connectivity index (χ4v) is 3.78. The van der Waals surface area contributed by atoms with Crippen LogP contribution in [0.2, 0.25) is 0 Å². The number of rotatable bonds is 7. The van der Waals surface area contributed by atoms with Gasteiger partial charge in [-0.2, -0.15) is 0 Å². The van der Waals surface area contributed by atoms with Crippen molar-refractivity contribution in [3.63, 3.8) is 0 Å². The van der Waals surface area contributed by atoms with Gasteiger partial charge in [0.25, 0.3) is 5.91 Å². The van der Waals surface area contributed by atoms with Crippen LogP contribution in [0.1, 0.15) is 15.9 Å². The third-order valence-corrected chi connectivity index (χ3v) is 5.41. The number of halogens is 3. The number of aromatic hydroxyl groups is 1. The fourth-order valence-electron chi connectivity index (χ4n) is 3.78. The van der Waals surface area contributed by atoms with Gasteiger partial charge in [-0.15, -0.1) is 13.2 Å². The Bertz CT molecular complexity index is 1300. The van der Waals surface area contributed by atoms with Crippen molar-refractivity contribution in [2.75, 3.05) is 6.54 Å². The van der Waals surface area contributed by atoms with Crippen molar-refractivity contribution in [3.8, 4) is 22.6 Å². The van der Waals surface area contributed by atoms with Gasteiger partial charge in [0.2, 0.25) is 0 Å². The van der Waals surface area contributed by atoms with Gasteiger partial charge in [0, 0.05) is 29.7 Å². The van der Waals surface area contributed by atoms with E-state index in [1.54, 1.807) is 12.1 Å². The predicted octanol–water partition coefficient (Wildman–Crippen LogP) is 4.74. The Morgan fingerprint density at radius 1 is 1.06 bits per heavy atom. The lowest BCUT2D eigenvalue weighted by Crippen LogP contribution is -2.42. The first-order valence-corrected chi connectivity index (χ1v) is 10.5. The Kier molecular flexibility index (Phi) is 6.47. The summed E-state index contributed by atoms with van der Waals surface area (Å²) >= 11 is 0. The first-order chi connectivity index (χ1) is 16.2. The molecule has 1 atom stereocenters. The number of ether oxygens (including phenoxy) is 1. The molecule has 0 spiro atoms. The lowest BCUT2D eigenvalue weighted by molar-refractivity contribution is -0.274. The van der Waals surface area contributed by atoms with Gasteiger partial charge in [0.05, 0.1) is 5.56 Å². The molecule has 0 aliphatic heterocycles. The van der Waals surface area contributed by atoms with Gasteiger partial charge < -0.3 is 25.9 Å². The quantitative estimate of drug-likeness (QED) is 0.314. The van der Waals surface area contributed by atoms with E-state index < -0.39 is 24.1 Å². The molecule has 0 aliphatic rings. The van der Waals surface area contributed by atoms with E-state index >= 15 is 0 Å². The van der Waals surface area contributed by atoms with Crippen LogP contribution in [0.15, 0.2) is 72.9 Å². The number of carbonyl (C=O) groups is 1. The number of carbonyl (C=O) groups excluding carboxylic acids is 1. The Balaban J connectivity index is 1.62. The molecule has 0 fully saturated rings. The molecule has 0 saturated heterocycles. The van der Waals surface area contributed by atoms with Crippen LogP contribution in [0.4, 0.5) is 13.2 Å². The summed E-state index contributed by atoms with van der Waals surface area (Å²) in [6.45, 7) is 0.0817. The van der Waals surface area contributed by atoms with Crippen molar-refractivity contribution in [3.05, 3.63) is 84.1 Å². The highest BCUT2D eigenvalue weighted by Gasteiger charge is 2.33. The normalized spacial score (nSPS) is 12.5. The summed E-state index contributed by atoms with van der Waals surface area (Å²) in [6, 6.07) is 17.0. The number of fused-ring (bicyclic) bond motifs is 1. The zero-order valence-corrected chi connectivity index (χ0v) is 17.9. The first kappa shape index (κ1) is 23.2. The molecule has 3 aromatic carbocycles. The Morgan fingerprint density at radius 2 is 1.76 bits per heavy atom. The van der Waals surface area contributed by atoms with Crippen LogP contribution < -0.4 is 15.8 Å². The van der Waals surface area contributed by atoms with Gasteiger partial charge in [-0.3, -0.25) is 4.79 Å². The molecular weight excluding hydrogens is 447 g/mol. The zero-order chi connectivity index (χ0) is 24.3. The largest absolute Gasteiger partial charge is 0.573 e. The van der Waals surface area contributed by atoms with E-state index in [1.807, 2.05) is 30.5 Å². The SMILES string of the molecule is NCC(Cc1c[nH]c2ccccc12)NC(=O)c1cc(-c2ccc(O)cc2)ccc1OC(F)(F)F. The second-order valence-corrected chi connectivity index (χ2v) is 7.78. The molecule has 9 heteroatoms. The van der Waals surface area contributed by atoms with Gasteiger partial charge in [0.15, 0.2) is 0 Å². The highest BCUT2D eigenvalue weighted by molar-refractivity contribution is 5.98. The molecule has 6 nitrogen and oxygen atoms in total. The molecule has 1 heterocycles. The fraction of sp³-hybridized carbons (Fsp3) is 0.160. The second-order valence-electron chi connectivity index (χ2n) is 7.78. The number of para-hydroxylation sites is 1. The number of phenolic OH excluding ortho intramolecular Hbond substituents is 1. The minimum absolute atomic E-state index is 0.0433. The maximum atomic E-state index is 13.1. The maximum Gasteiger partial charge on any atom is 0.573 e. The predicted molar refractivity (Wildman–Crippen MR) is 123 cm³/mol. The number of hydrogen-bond donors (Lipinski definition) is 4. The van der Waals surface area contributed by atoms with Crippen molar-refractivity contribution in [2.24, 2.45) is 5.73 Å². The van der Waals surface area contributed by atoms with Crippen molar-refractivity contribution >= 4 is 16.8 Å². The van der Waals surface area contributed by atoms with Crippen LogP contribution in [0.5, 0.6) is 11.5 Å². The van der Waals surface area contributed by atoms with Gasteiger partial charge in [0.1, 0.15) is 11.5 Å². The van der Waals surface area contributed by atoms with Crippen LogP contribution in [0, 0.1) is 0 Å². The average molecular weight is 469 g/mol. The summed E-state index contributed by atoms with van der Waals surface area (Å²) in [6.07, 6.45) is -2.76. The number of nitrogens with one attached hydrogen (secondary N) is 2. The van der Waals surface area contributed by atoms with Crippen LogP contribution in [0.3, 0.4) is 0 Å². The number of aromatic nitrogens is 1. The lowest BCUT2D eigenvalue weighted by Gasteiger charge is -2.19. The monoisotopic (exact) mass is 469 g/mol. The van der Waals surface area contributed by atoms with E-state index in [0.717, 1.165) is 22.5 Å². The van der Waals surface area contributed by atoms with E-state index in [-0.39, 0.29) is 17.9 Å². The number of hydrogen-bond acceptors (Lipinski definition) is 4. The standard InChI is InChI=1S/C25H22F3N3O3/c26-25(27,28)34-23-10-7-16(15-5-8-19(32)9-6-15)12-21(23)24(33)31-18(13-29)11-17-14-30-22-4-2-1-3-20(17)22/h1-10,12,14,18,30,32H,11,13,29H2,(H,31,33). The smallest absolute Gasteiger partial charge is 0.508 e. The summed E-state index contributed by atoms with van der Waals surface area (Å²) in [7, 11) is 0. The van der Waals surface area contributed by atoms with Crippen molar-refractivity contribution in [1.29, 1.82) is 0 Å². The summed E-state index contributed by atoms with van der Waals surface area (Å²) in [5.74, 6) is -1.31. The number of alkyl halides is 3. The van der Waals surface area contributed by atoms with Crippen LogP contribution in [0.25, 0.3) is 22.0 Å². The van der Waals surface area contributed by atoms with Gasteiger partial charge in [-0.05, 0) is 53.4 Å². The van der Waals surface area contributed by atoms with Crippen LogP contribution >= 0.6 is 0 Å². The molecule has 0 saturated carbocycles. The lowest BCUT2D eigenvalue weighted by atomic mass is 10.0. The molecule has 0 bridgehead atoms. The highest BCUT2D eigenvalue weighted by atomic mass is 19.4. The molecule has 1 amide bonds. The molecule has 34 heavy (non-hydrogen) atoms. The van der Waals surface area contributed by atoms with E-state index in [4.69, 9.17) is 5.73 Å². The third kappa shape index (κ3) is 5.32. The summed E-state index contributed by atoms with van der Waals surface area (Å²) < 4.78 is 43.0. The minimum atomic E-state index is -4.97. The van der Waals surface area contributed by atoms with Crippen molar-refractivity contribution in [2.45, 2.75) is 18.8 Å². The summed E-state index contributed by atoms with van der Waals surface area (Å²) in [5.41, 5.74) is 8.55. The molecule has 4 aromatic rings. The Hall–Kier alpha value is -3.98. The molecular formula is C25H22F3N3O3. The minimum Gasteiger partial charge on any atom is -0.508 e. The Labute approximate surface area is 193 Å². The molecule has 176 valence electrons. The number of aromatic amines is 1. The van der Waals surface area contributed by atoms with E-state index in [0.29, 0.717) is 17.5 Å². The van der Waals surface area contributed by atoms with Crippen molar-refractivity contribution in [1.82, 2.24) is 10.3 Å². The number of phenols is 1. The van der Waals surface area contributed by atoms with E-state index in [9.17, 15) is 23.1 Å². The van der Waals surface area contributed by atoms with Gasteiger partial charge in [-0.25, -0.2) is 0 Å². The van der Waals surface area contributed by atoms with Crippen LogP contribution in [-0.2, 0) is 6.42 Å². The zero-order valence-electron chi connectivity index (χ0n) is 17.9. The molecule has 1 aromatic heterocycles. The van der Waals surface area contributed by atoms with Crippen molar-refractivity contribution < 1.29 is 27.8 Å². The molecule has 0 aliphatic carbocycles. The molecule has 1 unspecified atom stereocenters. The van der Waals surface area contributed by atoms with Crippen LogP contribution in [-0.4, -0.2) is 34.9 Å². The van der Waals surface area contributed by atoms with Gasteiger partial charge in [-0.1, -0.05) is 36.4 Å². The number of H-pyrrole nitrogens is 1. The van der Waals surface area contributed by atoms with E-state index in [1.165, 1.54) is 24.3 Å². The maximum absolute atomic E-state index is 13.1. The third-order valence-electron chi connectivity index (χ3n) is 5.41. The summed E-state index contributed by atoms with van der Waals surface area (Å²) in [5, 5.41) is 13.2. The summed E-state index contributed by atoms with van der Waals surface area (Å²) in [4.78, 5) is 16.2. The molecule has 0 radical (unpaired) electrons. The first-order valence-electron chi connectivity index (χ1n) is 10.5. The average Bonchev–Trinajstić information content (AvgIpc) is 3.21. The second kappa shape index (κ2) is 9.48. The topological polar surface area (TPSA) is 100 Å². The molecule has 4 rings (SSSR count).